The summed E-state index contributed by atoms with van der Waals surface area (Å²) in [7, 11) is 0. The van der Waals surface area contributed by atoms with E-state index in [-0.39, 0.29) is 5.78 Å². The van der Waals surface area contributed by atoms with Crippen LogP contribution in [0.2, 0.25) is 0 Å². The number of allylic oxidation sites excluding steroid dienone is 1. The molecule has 184 valence electrons. The summed E-state index contributed by atoms with van der Waals surface area (Å²) in [5, 5.41) is 0. The standard InChI is InChI=1S/C30H30N2O4/c1-21-29-25(19-32(20-35-29)12-11-31-13-15-34-16-14-31)18-26-28(33)27(36-30(21)26)17-22-7-9-24(10-8-22)23-5-3-2-4-6-23/h2-10,17-18H,11-16,19-20H2,1H3/b27-17-. The Labute approximate surface area is 211 Å². The molecule has 6 nitrogen and oxygen atoms in total. The van der Waals surface area contributed by atoms with E-state index in [0.717, 1.165) is 79.5 Å². The minimum atomic E-state index is -0.0755. The van der Waals surface area contributed by atoms with E-state index < -0.39 is 0 Å². The third kappa shape index (κ3) is 4.55. The summed E-state index contributed by atoms with van der Waals surface area (Å²) in [6.45, 7) is 8.77. The predicted octanol–water partition coefficient (Wildman–Crippen LogP) is 4.76. The topological polar surface area (TPSA) is 51.2 Å². The third-order valence-corrected chi connectivity index (χ3v) is 7.15. The Hall–Kier alpha value is -3.45. The summed E-state index contributed by atoms with van der Waals surface area (Å²) in [5.74, 6) is 1.74. The van der Waals surface area contributed by atoms with Gasteiger partial charge in [-0.15, -0.1) is 0 Å². The zero-order valence-corrected chi connectivity index (χ0v) is 20.5. The van der Waals surface area contributed by atoms with Crippen molar-refractivity contribution < 1.29 is 19.0 Å². The van der Waals surface area contributed by atoms with Gasteiger partial charge in [0.25, 0.3) is 0 Å². The summed E-state index contributed by atoms with van der Waals surface area (Å²) in [5.41, 5.74) is 5.79. The Morgan fingerprint density at radius 2 is 1.61 bits per heavy atom. The smallest absolute Gasteiger partial charge is 0.231 e. The lowest BCUT2D eigenvalue weighted by molar-refractivity contribution is 0.0239. The first-order valence-electron chi connectivity index (χ1n) is 12.6. The molecule has 0 spiro atoms. The molecule has 3 aliphatic heterocycles. The number of benzene rings is 3. The number of ketones is 1. The molecule has 0 atom stereocenters. The highest BCUT2D eigenvalue weighted by molar-refractivity contribution is 6.15. The minimum absolute atomic E-state index is 0.0755. The van der Waals surface area contributed by atoms with Crippen LogP contribution in [0, 0.1) is 6.92 Å². The average molecular weight is 483 g/mol. The van der Waals surface area contributed by atoms with Gasteiger partial charge in [-0.25, -0.2) is 0 Å². The van der Waals surface area contributed by atoms with Crippen LogP contribution < -0.4 is 9.47 Å². The first-order valence-corrected chi connectivity index (χ1v) is 12.6. The molecule has 6 heteroatoms. The van der Waals surface area contributed by atoms with Gasteiger partial charge in [-0.1, -0.05) is 54.6 Å². The van der Waals surface area contributed by atoms with Gasteiger partial charge in [-0.3, -0.25) is 14.6 Å². The molecule has 0 unspecified atom stereocenters. The summed E-state index contributed by atoms with van der Waals surface area (Å²) >= 11 is 0. The SMILES string of the molecule is Cc1c2c(cc3c1O/C(=C\c1ccc(-c4ccccc4)cc1)C3=O)CN(CCN1CCOCC1)CO2. The lowest BCUT2D eigenvalue weighted by Gasteiger charge is -2.33. The molecule has 0 aromatic heterocycles. The van der Waals surface area contributed by atoms with Gasteiger partial charge in [0.15, 0.2) is 5.76 Å². The average Bonchev–Trinajstić information content (AvgIpc) is 3.24. The predicted molar refractivity (Wildman–Crippen MR) is 139 cm³/mol. The molecule has 0 radical (unpaired) electrons. The summed E-state index contributed by atoms with van der Waals surface area (Å²) in [6.07, 6.45) is 1.82. The molecular weight excluding hydrogens is 452 g/mol. The van der Waals surface area contributed by atoms with Gasteiger partial charge < -0.3 is 14.2 Å². The molecule has 0 amide bonds. The molecule has 1 saturated heterocycles. The molecular formula is C30H30N2O4. The van der Waals surface area contributed by atoms with Gasteiger partial charge in [0, 0.05) is 43.9 Å². The Morgan fingerprint density at radius 1 is 0.889 bits per heavy atom. The zero-order valence-electron chi connectivity index (χ0n) is 20.5. The first-order chi connectivity index (χ1) is 17.7. The number of hydrogen-bond acceptors (Lipinski definition) is 6. The molecule has 3 aliphatic rings. The summed E-state index contributed by atoms with van der Waals surface area (Å²) < 4.78 is 17.7. The molecule has 0 N–H and O–H groups in total. The second-order valence-corrected chi connectivity index (χ2v) is 9.57. The van der Waals surface area contributed by atoms with Crippen molar-refractivity contribution in [3.8, 4) is 22.6 Å². The first kappa shape index (κ1) is 23.0. The van der Waals surface area contributed by atoms with E-state index in [4.69, 9.17) is 14.2 Å². The van der Waals surface area contributed by atoms with Crippen LogP contribution in [0.15, 0.2) is 66.4 Å². The van der Waals surface area contributed by atoms with Crippen LogP contribution in [0.3, 0.4) is 0 Å². The number of carbonyl (C=O) groups excluding carboxylic acids is 1. The normalized spacial score (nSPS) is 19.0. The van der Waals surface area contributed by atoms with Crippen molar-refractivity contribution in [2.45, 2.75) is 13.5 Å². The second-order valence-electron chi connectivity index (χ2n) is 9.57. The fraction of sp³-hybridized carbons (Fsp3) is 0.300. The second kappa shape index (κ2) is 9.90. The van der Waals surface area contributed by atoms with E-state index in [0.29, 0.717) is 23.8 Å². The molecule has 6 rings (SSSR count). The lowest BCUT2D eigenvalue weighted by Crippen LogP contribution is -2.43. The van der Waals surface area contributed by atoms with Gasteiger partial charge in [-0.2, -0.15) is 0 Å². The number of hydrogen-bond donors (Lipinski definition) is 0. The molecule has 3 aromatic rings. The van der Waals surface area contributed by atoms with Crippen LogP contribution in [0.5, 0.6) is 11.5 Å². The Balaban J connectivity index is 1.18. The number of Topliss-reactive ketones (excluding diaryl/α,β-unsaturated/α-hetero) is 1. The van der Waals surface area contributed by atoms with Crippen molar-refractivity contribution in [3.63, 3.8) is 0 Å². The Bertz CT molecular complexity index is 1290. The van der Waals surface area contributed by atoms with E-state index in [1.54, 1.807) is 0 Å². The van der Waals surface area contributed by atoms with Crippen molar-refractivity contribution in [2.75, 3.05) is 46.1 Å². The number of nitrogens with zero attached hydrogens (tertiary/aromatic N) is 2. The monoisotopic (exact) mass is 482 g/mol. The van der Waals surface area contributed by atoms with Crippen LogP contribution in [-0.2, 0) is 11.3 Å². The third-order valence-electron chi connectivity index (χ3n) is 7.15. The molecule has 3 heterocycles. The van der Waals surface area contributed by atoms with Gasteiger partial charge in [-0.05, 0) is 35.8 Å². The Morgan fingerprint density at radius 3 is 2.39 bits per heavy atom. The molecule has 1 fully saturated rings. The maximum absolute atomic E-state index is 13.3. The number of ether oxygens (including phenoxy) is 3. The highest BCUT2D eigenvalue weighted by Gasteiger charge is 2.33. The number of rotatable bonds is 5. The van der Waals surface area contributed by atoms with Crippen LogP contribution in [0.25, 0.3) is 17.2 Å². The largest absolute Gasteiger partial charge is 0.477 e. The van der Waals surface area contributed by atoms with Crippen molar-refractivity contribution in [1.82, 2.24) is 9.80 Å². The number of fused-ring (bicyclic) bond motifs is 2. The zero-order chi connectivity index (χ0) is 24.5. The fourth-order valence-electron chi connectivity index (χ4n) is 5.10. The van der Waals surface area contributed by atoms with E-state index in [1.807, 2.05) is 49.4 Å². The van der Waals surface area contributed by atoms with Gasteiger partial charge in [0.1, 0.15) is 18.2 Å². The van der Waals surface area contributed by atoms with Crippen LogP contribution in [0.4, 0.5) is 0 Å². The molecule has 0 aliphatic carbocycles. The lowest BCUT2D eigenvalue weighted by atomic mass is 9.99. The number of morpholine rings is 1. The van der Waals surface area contributed by atoms with Crippen molar-refractivity contribution in [2.24, 2.45) is 0 Å². The fourth-order valence-corrected chi connectivity index (χ4v) is 5.10. The highest BCUT2D eigenvalue weighted by Crippen LogP contribution is 2.43. The van der Waals surface area contributed by atoms with Crippen LogP contribution in [-0.4, -0.2) is 61.7 Å². The molecule has 3 aromatic carbocycles. The van der Waals surface area contributed by atoms with Gasteiger partial charge in [0.2, 0.25) is 5.78 Å². The molecule has 0 bridgehead atoms. The highest BCUT2D eigenvalue weighted by atomic mass is 16.5. The van der Waals surface area contributed by atoms with Crippen molar-refractivity contribution in [3.05, 3.63) is 88.7 Å². The quantitative estimate of drug-likeness (QED) is 0.489. The van der Waals surface area contributed by atoms with E-state index >= 15 is 0 Å². The van der Waals surface area contributed by atoms with Crippen molar-refractivity contribution >= 4 is 11.9 Å². The maximum Gasteiger partial charge on any atom is 0.231 e. The minimum Gasteiger partial charge on any atom is -0.477 e. The van der Waals surface area contributed by atoms with Crippen molar-refractivity contribution in [1.29, 1.82) is 0 Å². The summed E-state index contributed by atoms with van der Waals surface area (Å²) in [6, 6.07) is 20.4. The van der Waals surface area contributed by atoms with Gasteiger partial charge >= 0.3 is 0 Å². The van der Waals surface area contributed by atoms with E-state index in [2.05, 4.69) is 34.1 Å². The molecule has 36 heavy (non-hydrogen) atoms. The maximum atomic E-state index is 13.3. The molecule has 0 saturated carbocycles. The Kier molecular flexibility index (Phi) is 6.32. The van der Waals surface area contributed by atoms with Crippen LogP contribution in [0.1, 0.15) is 27.0 Å². The van der Waals surface area contributed by atoms with E-state index in [1.165, 1.54) is 0 Å². The number of carbonyl (C=O) groups is 1. The van der Waals surface area contributed by atoms with Crippen LogP contribution >= 0.6 is 0 Å². The van der Waals surface area contributed by atoms with Gasteiger partial charge in [0.05, 0.1) is 18.8 Å². The van der Waals surface area contributed by atoms with E-state index in [9.17, 15) is 4.79 Å². The summed E-state index contributed by atoms with van der Waals surface area (Å²) in [4.78, 5) is 18.0.